The Bertz CT molecular complexity index is 408. The van der Waals surface area contributed by atoms with Gasteiger partial charge in [-0.25, -0.2) is 0 Å². The molecular formula is C10H17N5O3. The third kappa shape index (κ3) is 3.17. The molecule has 0 saturated carbocycles. The summed E-state index contributed by atoms with van der Waals surface area (Å²) in [6.45, 7) is 3.43. The summed E-state index contributed by atoms with van der Waals surface area (Å²) in [4.78, 5) is 11.8. The van der Waals surface area contributed by atoms with Gasteiger partial charge in [0, 0.05) is 19.6 Å². The molecule has 0 amide bonds. The second-order valence-electron chi connectivity index (χ2n) is 4.11. The van der Waals surface area contributed by atoms with E-state index in [9.17, 15) is 5.11 Å². The first kappa shape index (κ1) is 12.8. The number of anilines is 2. The SMILES string of the molecule is CCOc1nc(N)nc(NCC2(O)CCOC2)n1. The second-order valence-corrected chi connectivity index (χ2v) is 4.11. The topological polar surface area (TPSA) is 115 Å². The van der Waals surface area contributed by atoms with Crippen LogP contribution in [0.15, 0.2) is 0 Å². The minimum absolute atomic E-state index is 0.0746. The summed E-state index contributed by atoms with van der Waals surface area (Å²) < 4.78 is 10.3. The van der Waals surface area contributed by atoms with E-state index in [1.807, 2.05) is 6.92 Å². The largest absolute Gasteiger partial charge is 0.464 e. The van der Waals surface area contributed by atoms with Gasteiger partial charge in [0.1, 0.15) is 5.60 Å². The fraction of sp³-hybridized carbons (Fsp3) is 0.700. The maximum absolute atomic E-state index is 10.1. The molecule has 1 fully saturated rings. The second kappa shape index (κ2) is 5.32. The summed E-state index contributed by atoms with van der Waals surface area (Å²) in [6.07, 6.45) is 0.582. The van der Waals surface area contributed by atoms with E-state index in [2.05, 4.69) is 20.3 Å². The number of ether oxygens (including phenoxy) is 2. The van der Waals surface area contributed by atoms with E-state index in [4.69, 9.17) is 15.2 Å². The molecule has 1 aromatic rings. The monoisotopic (exact) mass is 255 g/mol. The highest BCUT2D eigenvalue weighted by molar-refractivity contribution is 5.33. The third-order valence-electron chi connectivity index (χ3n) is 2.56. The number of nitrogen functional groups attached to an aromatic ring is 1. The molecule has 2 rings (SSSR count). The Balaban J connectivity index is 2.00. The van der Waals surface area contributed by atoms with Crippen LogP contribution in [0.25, 0.3) is 0 Å². The fourth-order valence-corrected chi connectivity index (χ4v) is 1.62. The van der Waals surface area contributed by atoms with Crippen molar-refractivity contribution >= 4 is 11.9 Å². The Morgan fingerprint density at radius 3 is 3.00 bits per heavy atom. The Morgan fingerprint density at radius 2 is 2.33 bits per heavy atom. The molecule has 1 saturated heterocycles. The molecule has 0 spiro atoms. The Kier molecular flexibility index (Phi) is 3.78. The van der Waals surface area contributed by atoms with Crippen LogP contribution in [0, 0.1) is 0 Å². The normalized spacial score (nSPS) is 23.0. The molecule has 8 heteroatoms. The summed E-state index contributed by atoms with van der Waals surface area (Å²) >= 11 is 0. The highest BCUT2D eigenvalue weighted by Crippen LogP contribution is 2.19. The van der Waals surface area contributed by atoms with Crippen molar-refractivity contribution in [2.24, 2.45) is 0 Å². The zero-order valence-electron chi connectivity index (χ0n) is 10.2. The molecule has 1 atom stereocenters. The molecule has 4 N–H and O–H groups in total. The first-order chi connectivity index (χ1) is 8.61. The standard InChI is InChI=1S/C10H17N5O3/c1-2-18-9-14-7(11)13-8(15-9)12-5-10(16)3-4-17-6-10/h16H,2-6H2,1H3,(H3,11,12,13,14,15). The van der Waals surface area contributed by atoms with Crippen LogP contribution >= 0.6 is 0 Å². The summed E-state index contributed by atoms with van der Waals surface area (Å²) in [5.74, 6) is 0.358. The quantitative estimate of drug-likeness (QED) is 0.639. The van der Waals surface area contributed by atoms with Crippen LogP contribution in [0.1, 0.15) is 13.3 Å². The van der Waals surface area contributed by atoms with Crippen molar-refractivity contribution in [2.75, 3.05) is 37.4 Å². The van der Waals surface area contributed by atoms with E-state index in [-0.39, 0.29) is 17.9 Å². The first-order valence-electron chi connectivity index (χ1n) is 5.80. The highest BCUT2D eigenvalue weighted by Gasteiger charge is 2.32. The summed E-state index contributed by atoms with van der Waals surface area (Å²) in [7, 11) is 0. The van der Waals surface area contributed by atoms with Crippen molar-refractivity contribution in [3.63, 3.8) is 0 Å². The Morgan fingerprint density at radius 1 is 1.50 bits per heavy atom. The lowest BCUT2D eigenvalue weighted by molar-refractivity contribution is 0.0380. The third-order valence-corrected chi connectivity index (χ3v) is 2.56. The van der Waals surface area contributed by atoms with E-state index < -0.39 is 5.60 Å². The van der Waals surface area contributed by atoms with Gasteiger partial charge in [-0.3, -0.25) is 0 Å². The fourth-order valence-electron chi connectivity index (χ4n) is 1.62. The van der Waals surface area contributed by atoms with E-state index >= 15 is 0 Å². The molecule has 1 unspecified atom stereocenters. The van der Waals surface area contributed by atoms with Gasteiger partial charge < -0.3 is 25.6 Å². The van der Waals surface area contributed by atoms with Gasteiger partial charge in [0.05, 0.1) is 13.2 Å². The van der Waals surface area contributed by atoms with Gasteiger partial charge in [0.2, 0.25) is 11.9 Å². The zero-order valence-corrected chi connectivity index (χ0v) is 10.2. The smallest absolute Gasteiger partial charge is 0.323 e. The van der Waals surface area contributed by atoms with Crippen molar-refractivity contribution in [1.82, 2.24) is 15.0 Å². The molecule has 8 nitrogen and oxygen atoms in total. The van der Waals surface area contributed by atoms with E-state index in [0.29, 0.717) is 32.8 Å². The van der Waals surface area contributed by atoms with Crippen LogP contribution < -0.4 is 15.8 Å². The zero-order chi connectivity index (χ0) is 13.0. The maximum atomic E-state index is 10.1. The molecule has 0 aromatic carbocycles. The van der Waals surface area contributed by atoms with Gasteiger partial charge in [-0.15, -0.1) is 0 Å². The van der Waals surface area contributed by atoms with Crippen molar-refractivity contribution in [3.05, 3.63) is 0 Å². The van der Waals surface area contributed by atoms with Crippen molar-refractivity contribution in [3.8, 4) is 6.01 Å². The molecule has 0 aliphatic carbocycles. The molecule has 0 radical (unpaired) electrons. The van der Waals surface area contributed by atoms with Gasteiger partial charge in [-0.1, -0.05) is 0 Å². The molecule has 1 aromatic heterocycles. The minimum atomic E-state index is -0.882. The van der Waals surface area contributed by atoms with Crippen LogP contribution in [0.5, 0.6) is 6.01 Å². The summed E-state index contributed by atoms with van der Waals surface area (Å²) in [5.41, 5.74) is 4.66. The minimum Gasteiger partial charge on any atom is -0.464 e. The van der Waals surface area contributed by atoms with Gasteiger partial charge >= 0.3 is 6.01 Å². The van der Waals surface area contributed by atoms with Crippen molar-refractivity contribution in [2.45, 2.75) is 18.9 Å². The molecule has 100 valence electrons. The lowest BCUT2D eigenvalue weighted by Gasteiger charge is -2.20. The van der Waals surface area contributed by atoms with E-state index in [1.54, 1.807) is 0 Å². The van der Waals surface area contributed by atoms with Gasteiger partial charge in [-0.2, -0.15) is 15.0 Å². The van der Waals surface area contributed by atoms with Gasteiger partial charge in [0.15, 0.2) is 0 Å². The number of nitrogens with zero attached hydrogens (tertiary/aromatic N) is 3. The van der Waals surface area contributed by atoms with Gasteiger partial charge in [0.25, 0.3) is 0 Å². The molecule has 1 aliphatic rings. The number of nitrogens with one attached hydrogen (secondary N) is 1. The van der Waals surface area contributed by atoms with Gasteiger partial charge in [-0.05, 0) is 6.92 Å². The molecule has 18 heavy (non-hydrogen) atoms. The van der Waals surface area contributed by atoms with Crippen molar-refractivity contribution < 1.29 is 14.6 Å². The average Bonchev–Trinajstić information content (AvgIpc) is 2.74. The maximum Gasteiger partial charge on any atom is 0.323 e. The number of nitrogens with two attached hydrogens (primary N) is 1. The predicted octanol–water partition coefficient (Wildman–Crippen LogP) is -0.584. The lowest BCUT2D eigenvalue weighted by Crippen LogP contribution is -2.37. The number of hydrogen-bond donors (Lipinski definition) is 3. The number of hydrogen-bond acceptors (Lipinski definition) is 8. The van der Waals surface area contributed by atoms with Crippen LogP contribution in [0.3, 0.4) is 0 Å². The van der Waals surface area contributed by atoms with Crippen LogP contribution in [0.2, 0.25) is 0 Å². The lowest BCUT2D eigenvalue weighted by atomic mass is 10.0. The number of rotatable bonds is 5. The number of aliphatic hydroxyl groups is 1. The number of aromatic nitrogens is 3. The van der Waals surface area contributed by atoms with E-state index in [0.717, 1.165) is 0 Å². The predicted molar refractivity (Wildman–Crippen MR) is 64.3 cm³/mol. The molecule has 2 heterocycles. The van der Waals surface area contributed by atoms with Crippen molar-refractivity contribution in [1.29, 1.82) is 0 Å². The van der Waals surface area contributed by atoms with Crippen LogP contribution in [-0.4, -0.2) is 52.0 Å². The highest BCUT2D eigenvalue weighted by atomic mass is 16.5. The summed E-state index contributed by atoms with van der Waals surface area (Å²) in [6, 6.07) is 0.169. The molecule has 0 bridgehead atoms. The summed E-state index contributed by atoms with van der Waals surface area (Å²) in [5, 5.41) is 13.0. The first-order valence-corrected chi connectivity index (χ1v) is 5.80. The van der Waals surface area contributed by atoms with E-state index in [1.165, 1.54) is 0 Å². The molecule has 1 aliphatic heterocycles. The molecular weight excluding hydrogens is 238 g/mol. The van der Waals surface area contributed by atoms with Crippen LogP contribution in [-0.2, 0) is 4.74 Å². The average molecular weight is 255 g/mol. The Hall–Kier alpha value is -1.67. The Labute approximate surface area is 105 Å². The van der Waals surface area contributed by atoms with Crippen LogP contribution in [0.4, 0.5) is 11.9 Å².